The van der Waals surface area contributed by atoms with Gasteiger partial charge in [-0.2, -0.15) is 0 Å². The molecule has 0 aliphatic rings. The Balaban J connectivity index is 2.16. The first-order chi connectivity index (χ1) is 9.63. The minimum Gasteiger partial charge on any atom is -0.497 e. The summed E-state index contributed by atoms with van der Waals surface area (Å²) in [7, 11) is 1.65. The van der Waals surface area contributed by atoms with Crippen LogP contribution >= 0.6 is 0 Å². The second kappa shape index (κ2) is 6.24. The van der Waals surface area contributed by atoms with Gasteiger partial charge in [-0.25, -0.2) is 0 Å². The van der Waals surface area contributed by atoms with E-state index in [0.717, 1.165) is 34.5 Å². The zero-order chi connectivity index (χ0) is 14.5. The average Bonchev–Trinajstić information content (AvgIpc) is 2.46. The second-order valence-corrected chi connectivity index (χ2v) is 4.74. The van der Waals surface area contributed by atoms with Crippen molar-refractivity contribution in [3.8, 4) is 11.5 Å². The summed E-state index contributed by atoms with van der Waals surface area (Å²) in [6, 6.07) is 11.4. The fourth-order valence-electron chi connectivity index (χ4n) is 2.20. The van der Waals surface area contributed by atoms with Crippen molar-refractivity contribution in [1.29, 1.82) is 0 Å². The van der Waals surface area contributed by atoms with Gasteiger partial charge in [-0.1, -0.05) is 12.1 Å². The SMILES string of the molecule is COc1cccc(COc2c(C)cc(C=O)cc2C)c1. The number of benzene rings is 2. The van der Waals surface area contributed by atoms with Crippen molar-refractivity contribution in [2.45, 2.75) is 20.5 Å². The Kier molecular flexibility index (Phi) is 4.41. The molecule has 0 atom stereocenters. The quantitative estimate of drug-likeness (QED) is 0.777. The van der Waals surface area contributed by atoms with Crippen LogP contribution in [0.1, 0.15) is 27.0 Å². The van der Waals surface area contributed by atoms with E-state index in [-0.39, 0.29) is 0 Å². The molecule has 0 aliphatic heterocycles. The Hall–Kier alpha value is -2.29. The molecular weight excluding hydrogens is 252 g/mol. The molecule has 2 aromatic rings. The molecule has 0 amide bonds. The summed E-state index contributed by atoms with van der Waals surface area (Å²) < 4.78 is 11.1. The fourth-order valence-corrected chi connectivity index (χ4v) is 2.20. The van der Waals surface area contributed by atoms with E-state index >= 15 is 0 Å². The van der Waals surface area contributed by atoms with Crippen molar-refractivity contribution in [2.24, 2.45) is 0 Å². The van der Waals surface area contributed by atoms with E-state index < -0.39 is 0 Å². The normalized spacial score (nSPS) is 10.2. The van der Waals surface area contributed by atoms with Gasteiger partial charge in [-0.15, -0.1) is 0 Å². The number of rotatable bonds is 5. The Morgan fingerprint density at radius 3 is 2.40 bits per heavy atom. The molecule has 0 aliphatic carbocycles. The standard InChI is InChI=1S/C17H18O3/c1-12-7-15(10-18)8-13(2)17(12)20-11-14-5-4-6-16(9-14)19-3/h4-10H,11H2,1-3H3. The summed E-state index contributed by atoms with van der Waals surface area (Å²) in [6.07, 6.45) is 0.853. The third-order valence-electron chi connectivity index (χ3n) is 3.14. The van der Waals surface area contributed by atoms with Gasteiger partial charge in [0.15, 0.2) is 0 Å². The zero-order valence-electron chi connectivity index (χ0n) is 12.0. The van der Waals surface area contributed by atoms with Crippen molar-refractivity contribution in [3.63, 3.8) is 0 Å². The third kappa shape index (κ3) is 3.18. The largest absolute Gasteiger partial charge is 0.497 e. The summed E-state index contributed by atoms with van der Waals surface area (Å²) in [4.78, 5) is 10.8. The lowest BCUT2D eigenvalue weighted by atomic mass is 10.1. The molecule has 2 aromatic carbocycles. The van der Waals surface area contributed by atoms with Gasteiger partial charge in [0.25, 0.3) is 0 Å². The second-order valence-electron chi connectivity index (χ2n) is 4.74. The number of hydrogen-bond donors (Lipinski definition) is 0. The fraction of sp³-hybridized carbons (Fsp3) is 0.235. The molecule has 0 saturated heterocycles. The third-order valence-corrected chi connectivity index (χ3v) is 3.14. The maximum absolute atomic E-state index is 10.8. The number of carbonyl (C=O) groups is 1. The maximum atomic E-state index is 10.8. The number of ether oxygens (including phenoxy) is 2. The van der Waals surface area contributed by atoms with Gasteiger partial charge in [-0.05, 0) is 54.8 Å². The van der Waals surface area contributed by atoms with Gasteiger partial charge < -0.3 is 9.47 Å². The van der Waals surface area contributed by atoms with Crippen LogP contribution in [0.25, 0.3) is 0 Å². The summed E-state index contributed by atoms with van der Waals surface area (Å²) in [6.45, 7) is 4.36. The van der Waals surface area contributed by atoms with Gasteiger partial charge in [-0.3, -0.25) is 4.79 Å². The lowest BCUT2D eigenvalue weighted by molar-refractivity contribution is 0.112. The highest BCUT2D eigenvalue weighted by Crippen LogP contribution is 2.25. The van der Waals surface area contributed by atoms with E-state index in [1.54, 1.807) is 7.11 Å². The van der Waals surface area contributed by atoms with Crippen LogP contribution in [0.2, 0.25) is 0 Å². The van der Waals surface area contributed by atoms with Crippen molar-refractivity contribution in [1.82, 2.24) is 0 Å². The van der Waals surface area contributed by atoms with Crippen LogP contribution in [-0.4, -0.2) is 13.4 Å². The number of carbonyl (C=O) groups excluding carboxylic acids is 1. The predicted octanol–water partition coefficient (Wildman–Crippen LogP) is 3.70. The molecule has 20 heavy (non-hydrogen) atoms. The Labute approximate surface area is 119 Å². The van der Waals surface area contributed by atoms with E-state index in [2.05, 4.69) is 0 Å². The molecule has 3 heteroatoms. The highest BCUT2D eigenvalue weighted by atomic mass is 16.5. The first-order valence-electron chi connectivity index (χ1n) is 6.46. The molecule has 0 fully saturated rings. The van der Waals surface area contributed by atoms with E-state index in [4.69, 9.17) is 9.47 Å². The van der Waals surface area contributed by atoms with E-state index in [0.29, 0.717) is 12.2 Å². The summed E-state index contributed by atoms with van der Waals surface area (Å²) in [5.41, 5.74) is 3.65. The van der Waals surface area contributed by atoms with Gasteiger partial charge in [0.2, 0.25) is 0 Å². The van der Waals surface area contributed by atoms with Gasteiger partial charge in [0.05, 0.1) is 7.11 Å². The molecule has 0 spiro atoms. The van der Waals surface area contributed by atoms with Crippen LogP contribution < -0.4 is 9.47 Å². The van der Waals surface area contributed by atoms with Gasteiger partial charge in [0.1, 0.15) is 24.4 Å². The van der Waals surface area contributed by atoms with Crippen LogP contribution in [0.4, 0.5) is 0 Å². The topological polar surface area (TPSA) is 35.5 Å². The Morgan fingerprint density at radius 2 is 1.80 bits per heavy atom. The summed E-state index contributed by atoms with van der Waals surface area (Å²) >= 11 is 0. The lowest BCUT2D eigenvalue weighted by Crippen LogP contribution is -2.00. The van der Waals surface area contributed by atoms with Crippen molar-refractivity contribution in [3.05, 3.63) is 58.7 Å². The molecular formula is C17H18O3. The highest BCUT2D eigenvalue weighted by Gasteiger charge is 2.07. The molecule has 0 radical (unpaired) electrons. The molecule has 0 bridgehead atoms. The molecule has 3 nitrogen and oxygen atoms in total. The number of hydrogen-bond acceptors (Lipinski definition) is 3. The van der Waals surface area contributed by atoms with Crippen LogP contribution in [0.3, 0.4) is 0 Å². The minimum atomic E-state index is 0.472. The molecule has 2 rings (SSSR count). The van der Waals surface area contributed by atoms with Crippen LogP contribution in [0.15, 0.2) is 36.4 Å². The van der Waals surface area contributed by atoms with Crippen LogP contribution in [0.5, 0.6) is 11.5 Å². The maximum Gasteiger partial charge on any atom is 0.150 e. The molecule has 0 heterocycles. The van der Waals surface area contributed by atoms with E-state index in [9.17, 15) is 4.79 Å². The number of aldehydes is 1. The van der Waals surface area contributed by atoms with E-state index in [1.165, 1.54) is 0 Å². The number of aryl methyl sites for hydroxylation is 2. The Morgan fingerprint density at radius 1 is 1.10 bits per heavy atom. The highest BCUT2D eigenvalue weighted by molar-refractivity contribution is 5.76. The first kappa shape index (κ1) is 14.1. The van der Waals surface area contributed by atoms with Crippen LogP contribution in [-0.2, 0) is 6.61 Å². The predicted molar refractivity (Wildman–Crippen MR) is 78.6 cm³/mol. The minimum absolute atomic E-state index is 0.472. The van der Waals surface area contributed by atoms with Crippen LogP contribution in [0, 0.1) is 13.8 Å². The summed E-state index contributed by atoms with van der Waals surface area (Å²) in [5.74, 6) is 1.65. The molecule has 0 unspecified atom stereocenters. The molecule has 0 aromatic heterocycles. The molecule has 0 saturated carbocycles. The van der Waals surface area contributed by atoms with Crippen molar-refractivity contribution >= 4 is 6.29 Å². The average molecular weight is 270 g/mol. The first-order valence-corrected chi connectivity index (χ1v) is 6.46. The van der Waals surface area contributed by atoms with Gasteiger partial charge in [0, 0.05) is 5.56 Å². The molecule has 104 valence electrons. The van der Waals surface area contributed by atoms with E-state index in [1.807, 2.05) is 50.2 Å². The summed E-state index contributed by atoms with van der Waals surface area (Å²) in [5, 5.41) is 0. The zero-order valence-corrected chi connectivity index (χ0v) is 12.0. The van der Waals surface area contributed by atoms with Gasteiger partial charge >= 0.3 is 0 Å². The molecule has 0 N–H and O–H groups in total. The smallest absolute Gasteiger partial charge is 0.150 e. The van der Waals surface area contributed by atoms with Crippen molar-refractivity contribution < 1.29 is 14.3 Å². The van der Waals surface area contributed by atoms with Crippen molar-refractivity contribution in [2.75, 3.05) is 7.11 Å². The Bertz CT molecular complexity index is 594. The number of methoxy groups -OCH3 is 1. The lowest BCUT2D eigenvalue weighted by Gasteiger charge is -2.13. The monoisotopic (exact) mass is 270 g/mol.